The Morgan fingerprint density at radius 1 is 1.50 bits per heavy atom. The number of aliphatic hydroxyl groups is 1. The van der Waals surface area contributed by atoms with Gasteiger partial charge in [-0.2, -0.15) is 4.98 Å². The second-order valence-corrected chi connectivity index (χ2v) is 3.81. The smallest absolute Gasteiger partial charge is 0.280 e. The highest BCUT2D eigenvalue weighted by Crippen LogP contribution is 2.06. The predicted molar refractivity (Wildman–Crippen MR) is 64.8 cm³/mol. The number of hydrogen-bond acceptors (Lipinski definition) is 6. The minimum atomic E-state index is -0.364. The number of aromatic amines is 1. The van der Waals surface area contributed by atoms with E-state index in [1.165, 1.54) is 6.33 Å². The molecule has 0 bridgehead atoms. The van der Waals surface area contributed by atoms with Gasteiger partial charge in [0.2, 0.25) is 5.95 Å². The molecule has 18 heavy (non-hydrogen) atoms. The van der Waals surface area contributed by atoms with Crippen molar-refractivity contribution in [2.45, 2.75) is 19.6 Å². The van der Waals surface area contributed by atoms with Gasteiger partial charge < -0.3 is 15.6 Å². The highest BCUT2D eigenvalue weighted by atomic mass is 16.5. The Kier molecular flexibility index (Phi) is 3.90. The molecule has 0 amide bonds. The molecule has 0 aliphatic heterocycles. The molecule has 0 aliphatic carbocycles. The first-order chi connectivity index (χ1) is 8.72. The van der Waals surface area contributed by atoms with Gasteiger partial charge in [-0.05, 0) is 12.8 Å². The molecule has 0 saturated carbocycles. The Bertz CT molecular complexity index is 576. The van der Waals surface area contributed by atoms with Crippen molar-refractivity contribution in [3.63, 3.8) is 0 Å². The number of unbranched alkanes of at least 4 members (excludes halogenated alkanes) is 1. The summed E-state index contributed by atoms with van der Waals surface area (Å²) in [4.78, 5) is 21.9. The first-order valence-corrected chi connectivity index (χ1v) is 5.61. The molecule has 2 rings (SSSR count). The SMILES string of the molecule is Nc1nc2c(ncn2COCCCCO)c(=O)[nH]1. The molecule has 0 aliphatic rings. The number of fused-ring (bicyclic) bond motifs is 1. The van der Waals surface area contributed by atoms with Crippen molar-refractivity contribution in [1.82, 2.24) is 19.5 Å². The summed E-state index contributed by atoms with van der Waals surface area (Å²) in [6, 6.07) is 0. The fraction of sp³-hybridized carbons (Fsp3) is 0.500. The number of nitrogens with zero attached hydrogens (tertiary/aromatic N) is 3. The number of nitrogens with two attached hydrogens (primary N) is 1. The molecular formula is C10H15N5O3. The standard InChI is InChI=1S/C10H15N5O3/c11-10-13-8-7(9(17)14-10)12-5-15(8)6-18-4-2-1-3-16/h5,16H,1-4,6H2,(H3,11,13,14,17). The second kappa shape index (κ2) is 5.61. The van der Waals surface area contributed by atoms with E-state index in [-0.39, 0.29) is 30.4 Å². The molecule has 98 valence electrons. The van der Waals surface area contributed by atoms with Crippen molar-refractivity contribution < 1.29 is 9.84 Å². The monoisotopic (exact) mass is 253 g/mol. The van der Waals surface area contributed by atoms with Crippen LogP contribution in [0.2, 0.25) is 0 Å². The Hall–Kier alpha value is -1.93. The topological polar surface area (TPSA) is 119 Å². The van der Waals surface area contributed by atoms with Crippen molar-refractivity contribution in [2.75, 3.05) is 18.9 Å². The van der Waals surface area contributed by atoms with Crippen LogP contribution in [0.15, 0.2) is 11.1 Å². The van der Waals surface area contributed by atoms with Gasteiger partial charge in [0.25, 0.3) is 5.56 Å². The summed E-state index contributed by atoms with van der Waals surface area (Å²) in [7, 11) is 0. The van der Waals surface area contributed by atoms with Crippen molar-refractivity contribution in [3.05, 3.63) is 16.7 Å². The largest absolute Gasteiger partial charge is 0.396 e. The second-order valence-electron chi connectivity index (χ2n) is 3.81. The molecular weight excluding hydrogens is 238 g/mol. The van der Waals surface area contributed by atoms with Crippen LogP contribution in [0.4, 0.5) is 5.95 Å². The van der Waals surface area contributed by atoms with E-state index in [2.05, 4.69) is 15.0 Å². The number of ether oxygens (including phenoxy) is 1. The van der Waals surface area contributed by atoms with Gasteiger partial charge in [-0.15, -0.1) is 0 Å². The summed E-state index contributed by atoms with van der Waals surface area (Å²) in [5.41, 5.74) is 5.75. The molecule has 0 atom stereocenters. The van der Waals surface area contributed by atoms with E-state index >= 15 is 0 Å². The summed E-state index contributed by atoms with van der Waals surface area (Å²) in [5, 5.41) is 8.62. The lowest BCUT2D eigenvalue weighted by Crippen LogP contribution is -2.12. The van der Waals surface area contributed by atoms with Crippen LogP contribution in [0.3, 0.4) is 0 Å². The minimum Gasteiger partial charge on any atom is -0.396 e. The number of nitrogen functional groups attached to an aromatic ring is 1. The summed E-state index contributed by atoms with van der Waals surface area (Å²) in [6.45, 7) is 0.932. The van der Waals surface area contributed by atoms with Gasteiger partial charge in [0.1, 0.15) is 6.73 Å². The summed E-state index contributed by atoms with van der Waals surface area (Å²) < 4.78 is 7.00. The minimum absolute atomic E-state index is 0.0505. The molecule has 0 spiro atoms. The molecule has 0 radical (unpaired) electrons. The zero-order valence-electron chi connectivity index (χ0n) is 9.80. The van der Waals surface area contributed by atoms with E-state index in [1.807, 2.05) is 0 Å². The highest BCUT2D eigenvalue weighted by molar-refractivity contribution is 5.70. The van der Waals surface area contributed by atoms with Crippen LogP contribution in [0, 0.1) is 0 Å². The lowest BCUT2D eigenvalue weighted by Gasteiger charge is -2.05. The van der Waals surface area contributed by atoms with E-state index in [0.717, 1.165) is 6.42 Å². The van der Waals surface area contributed by atoms with E-state index in [1.54, 1.807) is 4.57 Å². The number of H-pyrrole nitrogens is 1. The number of aliphatic hydroxyl groups excluding tert-OH is 1. The van der Waals surface area contributed by atoms with Crippen LogP contribution < -0.4 is 11.3 Å². The van der Waals surface area contributed by atoms with E-state index in [9.17, 15) is 4.79 Å². The Labute approximate surface area is 102 Å². The Morgan fingerprint density at radius 2 is 2.33 bits per heavy atom. The van der Waals surface area contributed by atoms with E-state index in [4.69, 9.17) is 15.6 Å². The zero-order chi connectivity index (χ0) is 13.0. The summed E-state index contributed by atoms with van der Waals surface area (Å²) in [6.07, 6.45) is 2.97. The number of nitrogens with one attached hydrogen (secondary N) is 1. The first kappa shape index (κ1) is 12.5. The molecule has 0 aromatic carbocycles. The molecule has 0 fully saturated rings. The Balaban J connectivity index is 2.07. The fourth-order valence-corrected chi connectivity index (χ4v) is 1.54. The van der Waals surface area contributed by atoms with Crippen LogP contribution in [-0.4, -0.2) is 37.8 Å². The van der Waals surface area contributed by atoms with Gasteiger partial charge in [-0.3, -0.25) is 14.3 Å². The first-order valence-electron chi connectivity index (χ1n) is 5.61. The van der Waals surface area contributed by atoms with Gasteiger partial charge >= 0.3 is 0 Å². The number of aromatic nitrogens is 4. The predicted octanol–water partition coefficient (Wildman–Crippen LogP) is -0.552. The van der Waals surface area contributed by atoms with Crippen molar-refractivity contribution in [1.29, 1.82) is 0 Å². The van der Waals surface area contributed by atoms with Crippen molar-refractivity contribution in [3.8, 4) is 0 Å². The average molecular weight is 253 g/mol. The summed E-state index contributed by atoms with van der Waals surface area (Å²) >= 11 is 0. The maximum atomic E-state index is 11.5. The van der Waals surface area contributed by atoms with Gasteiger partial charge in [-0.25, -0.2) is 4.98 Å². The van der Waals surface area contributed by atoms with Gasteiger partial charge in [0.05, 0.1) is 6.33 Å². The van der Waals surface area contributed by atoms with Gasteiger partial charge in [0, 0.05) is 13.2 Å². The van der Waals surface area contributed by atoms with Crippen LogP contribution in [0.1, 0.15) is 12.8 Å². The zero-order valence-corrected chi connectivity index (χ0v) is 9.80. The number of hydrogen-bond donors (Lipinski definition) is 3. The highest BCUT2D eigenvalue weighted by Gasteiger charge is 2.08. The third-order valence-corrected chi connectivity index (χ3v) is 2.42. The van der Waals surface area contributed by atoms with E-state index < -0.39 is 0 Å². The van der Waals surface area contributed by atoms with Crippen LogP contribution in [0.5, 0.6) is 0 Å². The molecule has 0 unspecified atom stereocenters. The third-order valence-electron chi connectivity index (χ3n) is 2.42. The van der Waals surface area contributed by atoms with Crippen LogP contribution >= 0.6 is 0 Å². The average Bonchev–Trinajstić information content (AvgIpc) is 2.72. The molecule has 2 aromatic rings. The number of imidazole rings is 1. The molecule has 2 heterocycles. The third kappa shape index (κ3) is 2.66. The fourth-order valence-electron chi connectivity index (χ4n) is 1.54. The van der Waals surface area contributed by atoms with Gasteiger partial charge in [-0.1, -0.05) is 0 Å². The lowest BCUT2D eigenvalue weighted by atomic mass is 10.3. The maximum absolute atomic E-state index is 11.5. The molecule has 4 N–H and O–H groups in total. The Morgan fingerprint density at radius 3 is 3.11 bits per heavy atom. The number of rotatable bonds is 6. The lowest BCUT2D eigenvalue weighted by molar-refractivity contribution is 0.0735. The van der Waals surface area contributed by atoms with Crippen LogP contribution in [-0.2, 0) is 11.5 Å². The van der Waals surface area contributed by atoms with Gasteiger partial charge in [0.15, 0.2) is 11.2 Å². The molecule has 0 saturated heterocycles. The van der Waals surface area contributed by atoms with Crippen LogP contribution in [0.25, 0.3) is 11.2 Å². The number of anilines is 1. The molecule has 8 nitrogen and oxygen atoms in total. The van der Waals surface area contributed by atoms with E-state index in [0.29, 0.717) is 18.7 Å². The van der Waals surface area contributed by atoms with Crippen molar-refractivity contribution >= 4 is 17.1 Å². The molecule has 8 heteroatoms. The molecule has 2 aromatic heterocycles. The maximum Gasteiger partial charge on any atom is 0.280 e. The summed E-state index contributed by atoms with van der Waals surface area (Å²) in [5.74, 6) is 0.0505. The normalized spacial score (nSPS) is 11.2. The quantitative estimate of drug-likeness (QED) is 0.594. The van der Waals surface area contributed by atoms with Crippen molar-refractivity contribution in [2.24, 2.45) is 0 Å².